The van der Waals surface area contributed by atoms with Crippen molar-refractivity contribution in [3.05, 3.63) is 40.7 Å². The molecule has 1 aromatic carbocycles. The standard InChI is InChI=1S/C18H22ClN5O.ClH/c1-12-17(21-22-24(12)16-4-2-3-15(19)9-16)18(25)23-7-5-13-10-20-11-14(13)6-8-23;/h2-4,9,13-14,20H,5-8,10-11H2,1H3;1H/t13-,14+;. The molecule has 0 saturated carbocycles. The molecule has 140 valence electrons. The highest BCUT2D eigenvalue weighted by molar-refractivity contribution is 6.30. The molecule has 2 atom stereocenters. The van der Waals surface area contributed by atoms with Gasteiger partial charge in [0.2, 0.25) is 0 Å². The lowest BCUT2D eigenvalue weighted by Crippen LogP contribution is -2.33. The van der Waals surface area contributed by atoms with Crippen LogP contribution in [0.25, 0.3) is 5.69 Å². The molecule has 2 aromatic rings. The summed E-state index contributed by atoms with van der Waals surface area (Å²) in [6, 6.07) is 7.40. The molecule has 0 spiro atoms. The first kappa shape index (κ1) is 19.1. The lowest BCUT2D eigenvalue weighted by Gasteiger charge is -2.20. The minimum atomic E-state index is -0.0151. The van der Waals surface area contributed by atoms with Gasteiger partial charge in [-0.05, 0) is 62.9 Å². The Morgan fingerprint density at radius 1 is 1.23 bits per heavy atom. The van der Waals surface area contributed by atoms with Gasteiger partial charge in [-0.15, -0.1) is 17.5 Å². The summed E-state index contributed by atoms with van der Waals surface area (Å²) in [4.78, 5) is 14.9. The van der Waals surface area contributed by atoms with E-state index in [4.69, 9.17) is 11.6 Å². The van der Waals surface area contributed by atoms with Gasteiger partial charge in [0.25, 0.3) is 5.91 Å². The second-order valence-corrected chi connectivity index (χ2v) is 7.40. The van der Waals surface area contributed by atoms with E-state index in [2.05, 4.69) is 15.6 Å². The molecule has 2 aliphatic rings. The number of amides is 1. The Morgan fingerprint density at radius 3 is 2.58 bits per heavy atom. The van der Waals surface area contributed by atoms with Crippen LogP contribution in [0.15, 0.2) is 24.3 Å². The number of carbonyl (C=O) groups excluding carboxylic acids is 1. The third-order valence-electron chi connectivity index (χ3n) is 5.46. The maximum absolute atomic E-state index is 13.0. The largest absolute Gasteiger partial charge is 0.337 e. The lowest BCUT2D eigenvalue weighted by molar-refractivity contribution is 0.0751. The lowest BCUT2D eigenvalue weighted by atomic mass is 9.92. The number of hydrogen-bond donors (Lipinski definition) is 1. The SMILES string of the molecule is Cc1c(C(=O)N2CC[C@@H]3CNC[C@@H]3CC2)nnn1-c1cccc(Cl)c1.Cl. The van der Waals surface area contributed by atoms with Crippen molar-refractivity contribution in [3.63, 3.8) is 0 Å². The Bertz CT molecular complexity index is 780. The first-order valence-electron chi connectivity index (χ1n) is 8.81. The van der Waals surface area contributed by atoms with Crippen LogP contribution in [0.3, 0.4) is 0 Å². The Labute approximate surface area is 164 Å². The molecule has 6 nitrogen and oxygen atoms in total. The van der Waals surface area contributed by atoms with Gasteiger partial charge in [0.05, 0.1) is 11.4 Å². The number of benzene rings is 1. The maximum atomic E-state index is 13.0. The van der Waals surface area contributed by atoms with Gasteiger partial charge in [0, 0.05) is 18.1 Å². The first-order valence-corrected chi connectivity index (χ1v) is 9.19. The predicted octanol–water partition coefficient (Wildman–Crippen LogP) is 2.72. The smallest absolute Gasteiger partial charge is 0.276 e. The third kappa shape index (κ3) is 3.59. The van der Waals surface area contributed by atoms with Crippen molar-refractivity contribution in [1.29, 1.82) is 0 Å². The van der Waals surface area contributed by atoms with E-state index in [0.29, 0.717) is 22.6 Å². The number of nitrogens with zero attached hydrogens (tertiary/aromatic N) is 4. The van der Waals surface area contributed by atoms with Gasteiger partial charge in [-0.3, -0.25) is 4.79 Å². The van der Waals surface area contributed by atoms with Crippen molar-refractivity contribution in [1.82, 2.24) is 25.2 Å². The van der Waals surface area contributed by atoms with E-state index in [1.54, 1.807) is 4.68 Å². The van der Waals surface area contributed by atoms with Gasteiger partial charge in [-0.2, -0.15) is 0 Å². The van der Waals surface area contributed by atoms with Crippen molar-refractivity contribution in [2.75, 3.05) is 26.2 Å². The number of halogens is 2. The van der Waals surface area contributed by atoms with Crippen LogP contribution in [-0.2, 0) is 0 Å². The molecule has 2 fully saturated rings. The molecule has 0 unspecified atom stereocenters. The fourth-order valence-electron chi connectivity index (χ4n) is 3.95. The van der Waals surface area contributed by atoms with Crippen molar-refractivity contribution < 1.29 is 4.79 Å². The summed E-state index contributed by atoms with van der Waals surface area (Å²) < 4.78 is 1.68. The number of carbonyl (C=O) groups is 1. The first-order chi connectivity index (χ1) is 12.1. The maximum Gasteiger partial charge on any atom is 0.276 e. The summed E-state index contributed by atoms with van der Waals surface area (Å²) in [5.74, 6) is 1.38. The molecule has 2 aliphatic heterocycles. The molecule has 1 aromatic heterocycles. The van der Waals surface area contributed by atoms with E-state index < -0.39 is 0 Å². The summed E-state index contributed by atoms with van der Waals surface area (Å²) in [7, 11) is 0. The molecule has 1 N–H and O–H groups in total. The normalized spacial score (nSPS) is 22.5. The van der Waals surface area contributed by atoms with Crippen LogP contribution in [0, 0.1) is 18.8 Å². The van der Waals surface area contributed by atoms with Crippen LogP contribution in [0.5, 0.6) is 0 Å². The summed E-state index contributed by atoms with van der Waals surface area (Å²) in [6.45, 7) is 5.63. The zero-order valence-corrected chi connectivity index (χ0v) is 16.3. The van der Waals surface area contributed by atoms with Crippen molar-refractivity contribution in [2.24, 2.45) is 11.8 Å². The predicted molar refractivity (Wildman–Crippen MR) is 103 cm³/mol. The van der Waals surface area contributed by atoms with Crippen molar-refractivity contribution >= 4 is 29.9 Å². The number of aromatic nitrogens is 3. The fraction of sp³-hybridized carbons (Fsp3) is 0.500. The van der Waals surface area contributed by atoms with Gasteiger partial charge in [-0.1, -0.05) is 22.9 Å². The molecule has 4 rings (SSSR count). The Kier molecular flexibility index (Phi) is 5.85. The molecular formula is C18H23Cl2N5O. The van der Waals surface area contributed by atoms with E-state index in [-0.39, 0.29) is 18.3 Å². The molecule has 8 heteroatoms. The highest BCUT2D eigenvalue weighted by atomic mass is 35.5. The summed E-state index contributed by atoms with van der Waals surface area (Å²) in [5.41, 5.74) is 2.00. The molecule has 26 heavy (non-hydrogen) atoms. The number of fused-ring (bicyclic) bond motifs is 1. The van der Waals surface area contributed by atoms with Crippen LogP contribution in [0.1, 0.15) is 29.0 Å². The highest BCUT2D eigenvalue weighted by Crippen LogP contribution is 2.28. The number of hydrogen-bond acceptors (Lipinski definition) is 4. The molecule has 0 bridgehead atoms. The molecule has 3 heterocycles. The van der Waals surface area contributed by atoms with Gasteiger partial charge < -0.3 is 10.2 Å². The summed E-state index contributed by atoms with van der Waals surface area (Å²) in [6.07, 6.45) is 2.12. The topological polar surface area (TPSA) is 63.1 Å². The third-order valence-corrected chi connectivity index (χ3v) is 5.69. The molecule has 0 radical (unpaired) electrons. The van der Waals surface area contributed by atoms with Crippen molar-refractivity contribution in [3.8, 4) is 5.69 Å². The zero-order chi connectivity index (χ0) is 17.4. The number of rotatable bonds is 2. The second-order valence-electron chi connectivity index (χ2n) is 6.96. The van der Waals surface area contributed by atoms with E-state index in [1.807, 2.05) is 36.1 Å². The van der Waals surface area contributed by atoms with Crippen molar-refractivity contribution in [2.45, 2.75) is 19.8 Å². The zero-order valence-electron chi connectivity index (χ0n) is 14.7. The summed E-state index contributed by atoms with van der Waals surface area (Å²) >= 11 is 6.06. The van der Waals surface area contributed by atoms with Crippen LogP contribution in [0.4, 0.5) is 0 Å². The quantitative estimate of drug-likeness (QED) is 0.848. The molecule has 0 aliphatic carbocycles. The van der Waals surface area contributed by atoms with Crippen LogP contribution in [0.2, 0.25) is 5.02 Å². The second kappa shape index (κ2) is 7.94. The molecule has 1 amide bonds. The minimum Gasteiger partial charge on any atom is -0.337 e. The van der Waals surface area contributed by atoms with E-state index >= 15 is 0 Å². The number of nitrogens with one attached hydrogen (secondary N) is 1. The van der Waals surface area contributed by atoms with Gasteiger partial charge in [0.15, 0.2) is 5.69 Å². The van der Waals surface area contributed by atoms with E-state index in [0.717, 1.165) is 50.4 Å². The Morgan fingerprint density at radius 2 is 1.92 bits per heavy atom. The van der Waals surface area contributed by atoms with E-state index in [9.17, 15) is 4.79 Å². The van der Waals surface area contributed by atoms with Gasteiger partial charge in [0.1, 0.15) is 0 Å². The average molecular weight is 396 g/mol. The summed E-state index contributed by atoms with van der Waals surface area (Å²) in [5, 5.41) is 12.4. The molecule has 2 saturated heterocycles. The minimum absolute atomic E-state index is 0. The van der Waals surface area contributed by atoms with Crippen LogP contribution < -0.4 is 5.32 Å². The number of likely N-dealkylation sites (tertiary alicyclic amines) is 1. The fourth-order valence-corrected chi connectivity index (χ4v) is 4.14. The average Bonchev–Trinajstić information content (AvgIpc) is 3.16. The monoisotopic (exact) mass is 395 g/mol. The Balaban J connectivity index is 0.00000196. The van der Waals surface area contributed by atoms with Crippen LogP contribution in [-0.4, -0.2) is 52.0 Å². The highest BCUT2D eigenvalue weighted by Gasteiger charge is 2.32. The van der Waals surface area contributed by atoms with Crippen LogP contribution >= 0.6 is 24.0 Å². The Hall–Kier alpha value is -1.63. The van der Waals surface area contributed by atoms with Gasteiger partial charge in [-0.25, -0.2) is 4.68 Å². The van der Waals surface area contributed by atoms with Gasteiger partial charge >= 0.3 is 0 Å². The van der Waals surface area contributed by atoms with E-state index in [1.165, 1.54) is 0 Å². The molecular weight excluding hydrogens is 373 g/mol.